The van der Waals surface area contributed by atoms with Crippen LogP contribution >= 0.6 is 68.5 Å². The number of benzene rings is 3. The second-order valence-corrected chi connectivity index (χ2v) is 11.0. The van der Waals surface area contributed by atoms with Gasteiger partial charge in [-0.15, -0.1) is 0 Å². The number of thioether (sulfide) groups is 1. The van der Waals surface area contributed by atoms with Crippen LogP contribution in [0.25, 0.3) is 6.08 Å². The van der Waals surface area contributed by atoms with E-state index >= 15 is 0 Å². The van der Waals surface area contributed by atoms with E-state index < -0.39 is 11.1 Å². The largest absolute Gasteiger partial charge is 0.487 e. The fourth-order valence-corrected chi connectivity index (χ4v) is 6.28. The highest BCUT2D eigenvalue weighted by Crippen LogP contribution is 2.35. The SMILES string of the molecule is O=C(CN1C(=O)S/C(=C/c2cc(I)c(OCc3ccccc3)c(I)c2)C1=O)c1ccc(Cl)cc1. The van der Waals surface area contributed by atoms with Gasteiger partial charge in [0, 0.05) is 10.6 Å². The molecule has 0 spiro atoms. The van der Waals surface area contributed by atoms with Crippen LogP contribution in [0.4, 0.5) is 4.79 Å². The van der Waals surface area contributed by atoms with Gasteiger partial charge in [-0.1, -0.05) is 41.9 Å². The van der Waals surface area contributed by atoms with Crippen molar-refractivity contribution in [2.75, 3.05) is 6.54 Å². The maximum atomic E-state index is 12.9. The van der Waals surface area contributed by atoms with Gasteiger partial charge in [-0.25, -0.2) is 0 Å². The Bertz CT molecular complexity index is 1270. The quantitative estimate of drug-likeness (QED) is 0.149. The first-order valence-electron chi connectivity index (χ1n) is 10.0. The zero-order valence-corrected chi connectivity index (χ0v) is 23.4. The van der Waals surface area contributed by atoms with E-state index in [0.717, 1.165) is 40.7 Å². The van der Waals surface area contributed by atoms with Gasteiger partial charge in [-0.2, -0.15) is 0 Å². The molecule has 1 aliphatic heterocycles. The number of ketones is 1. The minimum absolute atomic E-state index is 0.276. The van der Waals surface area contributed by atoms with Gasteiger partial charge in [-0.05, 0) is 111 Å². The number of carbonyl (C=O) groups excluding carboxylic acids is 3. The van der Waals surface area contributed by atoms with Crippen LogP contribution in [0.2, 0.25) is 5.02 Å². The predicted octanol–water partition coefficient (Wildman–Crippen LogP) is 7.05. The van der Waals surface area contributed by atoms with Gasteiger partial charge >= 0.3 is 0 Å². The van der Waals surface area contributed by atoms with Gasteiger partial charge in [0.2, 0.25) is 0 Å². The van der Waals surface area contributed by atoms with Crippen LogP contribution in [0, 0.1) is 7.14 Å². The van der Waals surface area contributed by atoms with Crippen molar-refractivity contribution in [2.24, 2.45) is 0 Å². The van der Waals surface area contributed by atoms with Gasteiger partial charge in [0.05, 0.1) is 18.6 Å². The summed E-state index contributed by atoms with van der Waals surface area (Å²) in [6, 6.07) is 20.0. The number of rotatable bonds is 7. The van der Waals surface area contributed by atoms with E-state index in [1.54, 1.807) is 30.3 Å². The molecular weight excluding hydrogens is 700 g/mol. The summed E-state index contributed by atoms with van der Waals surface area (Å²) in [4.78, 5) is 39.1. The van der Waals surface area contributed by atoms with Gasteiger partial charge in [0.1, 0.15) is 12.4 Å². The van der Waals surface area contributed by atoms with E-state index in [1.165, 1.54) is 0 Å². The number of amides is 2. The van der Waals surface area contributed by atoms with E-state index in [-0.39, 0.29) is 17.2 Å². The van der Waals surface area contributed by atoms with Crippen LogP contribution < -0.4 is 4.74 Å². The van der Waals surface area contributed by atoms with Crippen molar-refractivity contribution in [3.05, 3.63) is 100 Å². The van der Waals surface area contributed by atoms with Crippen LogP contribution in [0.5, 0.6) is 5.75 Å². The third kappa shape index (κ3) is 6.02. The molecule has 0 aromatic heterocycles. The van der Waals surface area contributed by atoms with Crippen molar-refractivity contribution in [1.29, 1.82) is 0 Å². The highest BCUT2D eigenvalue weighted by atomic mass is 127. The van der Waals surface area contributed by atoms with Gasteiger partial charge in [0.15, 0.2) is 5.78 Å². The molecule has 0 unspecified atom stereocenters. The van der Waals surface area contributed by atoms with E-state index in [2.05, 4.69) is 45.2 Å². The van der Waals surface area contributed by atoms with Gasteiger partial charge in [0.25, 0.3) is 11.1 Å². The standard InChI is InChI=1S/C25H16ClI2NO4S/c26-18-8-6-17(7-9-18)21(30)13-29-24(31)22(34-25(29)32)12-16-10-19(27)23(20(28)11-16)33-14-15-4-2-1-3-5-15/h1-12H,13-14H2/b22-12+. The maximum absolute atomic E-state index is 12.9. The monoisotopic (exact) mass is 715 g/mol. The lowest BCUT2D eigenvalue weighted by Gasteiger charge is -2.12. The van der Waals surface area contributed by atoms with Gasteiger partial charge < -0.3 is 4.74 Å². The minimum Gasteiger partial charge on any atom is -0.487 e. The summed E-state index contributed by atoms with van der Waals surface area (Å²) in [6.45, 7) is 0.137. The lowest BCUT2D eigenvalue weighted by atomic mass is 10.1. The molecule has 0 atom stereocenters. The van der Waals surface area contributed by atoms with Crippen LogP contribution in [-0.4, -0.2) is 28.4 Å². The molecule has 9 heteroatoms. The molecule has 0 radical (unpaired) electrons. The Morgan fingerprint density at radius 1 is 1.00 bits per heavy atom. The van der Waals surface area contributed by atoms with E-state index in [0.29, 0.717) is 17.2 Å². The van der Waals surface area contributed by atoms with E-state index in [1.807, 2.05) is 42.5 Å². The molecule has 34 heavy (non-hydrogen) atoms. The molecule has 0 aliphatic carbocycles. The number of hydrogen-bond acceptors (Lipinski definition) is 5. The molecule has 4 rings (SSSR count). The molecule has 0 N–H and O–H groups in total. The maximum Gasteiger partial charge on any atom is 0.293 e. The fourth-order valence-electron chi connectivity index (χ4n) is 3.19. The second kappa shape index (κ2) is 11.2. The molecule has 0 bridgehead atoms. The molecule has 3 aromatic rings. The predicted molar refractivity (Wildman–Crippen MR) is 151 cm³/mol. The molecule has 1 heterocycles. The summed E-state index contributed by atoms with van der Waals surface area (Å²) in [6.07, 6.45) is 1.67. The first kappa shape index (κ1) is 25.2. The van der Waals surface area contributed by atoms with E-state index in [4.69, 9.17) is 16.3 Å². The van der Waals surface area contributed by atoms with Crippen LogP contribution in [0.3, 0.4) is 0 Å². The molecule has 2 amide bonds. The third-order valence-corrected chi connectivity index (χ3v) is 7.65. The molecule has 5 nitrogen and oxygen atoms in total. The summed E-state index contributed by atoms with van der Waals surface area (Å²) in [5, 5.41) is 0.0390. The molecular formula is C25H16ClI2NO4S. The first-order valence-corrected chi connectivity index (χ1v) is 13.4. The number of carbonyl (C=O) groups is 3. The van der Waals surface area contributed by atoms with Crippen molar-refractivity contribution in [3.8, 4) is 5.75 Å². The van der Waals surface area contributed by atoms with Crippen molar-refractivity contribution < 1.29 is 19.1 Å². The highest BCUT2D eigenvalue weighted by Gasteiger charge is 2.36. The van der Waals surface area contributed by atoms with Crippen molar-refractivity contribution in [3.63, 3.8) is 0 Å². The summed E-state index contributed by atoms with van der Waals surface area (Å²) in [7, 11) is 0. The normalized spacial score (nSPS) is 14.7. The van der Waals surface area contributed by atoms with Crippen LogP contribution in [-0.2, 0) is 11.4 Å². The Labute approximate surface area is 233 Å². The fraction of sp³-hybridized carbons (Fsp3) is 0.0800. The van der Waals surface area contributed by atoms with Crippen molar-refractivity contribution >= 4 is 91.6 Å². The molecule has 1 saturated heterocycles. The van der Waals surface area contributed by atoms with Crippen LogP contribution in [0.1, 0.15) is 21.5 Å². The number of hydrogen-bond donors (Lipinski definition) is 0. The molecule has 3 aromatic carbocycles. The second-order valence-electron chi connectivity index (χ2n) is 7.29. The topological polar surface area (TPSA) is 63.7 Å². The first-order chi connectivity index (χ1) is 16.3. The molecule has 1 fully saturated rings. The zero-order chi connectivity index (χ0) is 24.2. The van der Waals surface area contributed by atoms with Crippen molar-refractivity contribution in [1.82, 2.24) is 4.90 Å². The zero-order valence-electron chi connectivity index (χ0n) is 17.5. The number of imide groups is 1. The molecule has 1 aliphatic rings. The molecule has 172 valence electrons. The smallest absolute Gasteiger partial charge is 0.293 e. The van der Waals surface area contributed by atoms with Crippen LogP contribution in [0.15, 0.2) is 71.6 Å². The summed E-state index contributed by atoms with van der Waals surface area (Å²) in [5.74, 6) is -0.0418. The lowest BCUT2D eigenvalue weighted by Crippen LogP contribution is -2.33. The Balaban J connectivity index is 1.48. The molecule has 0 saturated carbocycles. The Morgan fingerprint density at radius 2 is 1.65 bits per heavy atom. The lowest BCUT2D eigenvalue weighted by molar-refractivity contribution is -0.122. The number of halogens is 3. The minimum atomic E-state index is -0.480. The summed E-state index contributed by atoms with van der Waals surface area (Å²) < 4.78 is 7.80. The van der Waals surface area contributed by atoms with Gasteiger partial charge in [-0.3, -0.25) is 19.3 Å². The van der Waals surface area contributed by atoms with Crippen molar-refractivity contribution in [2.45, 2.75) is 6.61 Å². The average molecular weight is 716 g/mol. The Morgan fingerprint density at radius 3 is 2.29 bits per heavy atom. The summed E-state index contributed by atoms with van der Waals surface area (Å²) >= 11 is 11.1. The highest BCUT2D eigenvalue weighted by molar-refractivity contribution is 14.1. The Hall–Kier alpha value is -1.89. The Kier molecular flexibility index (Phi) is 8.33. The number of ether oxygens (including phenoxy) is 1. The average Bonchev–Trinajstić information content (AvgIpc) is 3.07. The summed E-state index contributed by atoms with van der Waals surface area (Å²) in [5.41, 5.74) is 2.23. The third-order valence-electron chi connectivity index (χ3n) is 4.89. The van der Waals surface area contributed by atoms with E-state index in [9.17, 15) is 14.4 Å². The number of nitrogens with zero attached hydrogens (tertiary/aromatic N) is 1. The number of Topliss-reactive ketones (excluding diaryl/α,β-unsaturated/α-hetero) is 1.